The molecule has 0 spiro atoms. The van der Waals surface area contributed by atoms with Crippen molar-refractivity contribution in [1.82, 2.24) is 4.98 Å². The number of aryl methyl sites for hydroxylation is 2. The van der Waals surface area contributed by atoms with Crippen LogP contribution in [0, 0.1) is 19.7 Å². The number of benzene rings is 1. The first-order chi connectivity index (χ1) is 8.97. The lowest BCUT2D eigenvalue weighted by molar-refractivity contribution is 0.0696. The molecule has 19 heavy (non-hydrogen) atoms. The van der Waals surface area contributed by atoms with Crippen LogP contribution in [0.15, 0.2) is 23.1 Å². The van der Waals surface area contributed by atoms with Gasteiger partial charge < -0.3 is 5.11 Å². The van der Waals surface area contributed by atoms with Crippen LogP contribution in [0.2, 0.25) is 0 Å². The largest absolute Gasteiger partial charge is 0.478 e. The fourth-order valence-electron chi connectivity index (χ4n) is 1.49. The van der Waals surface area contributed by atoms with Crippen molar-refractivity contribution in [2.75, 3.05) is 0 Å². The maximum Gasteiger partial charge on any atom is 0.335 e. The van der Waals surface area contributed by atoms with Gasteiger partial charge in [0.1, 0.15) is 10.8 Å². The predicted molar refractivity (Wildman–Crippen MR) is 74.5 cm³/mol. The summed E-state index contributed by atoms with van der Waals surface area (Å²) in [5.74, 6) is -0.915. The van der Waals surface area contributed by atoms with Crippen LogP contribution in [0.4, 0.5) is 4.39 Å². The lowest BCUT2D eigenvalue weighted by Crippen LogP contribution is -1.97. The van der Waals surface area contributed by atoms with E-state index in [0.717, 1.165) is 15.6 Å². The van der Waals surface area contributed by atoms with Crippen molar-refractivity contribution in [2.24, 2.45) is 0 Å². The number of hydrogen-bond acceptors (Lipinski definition) is 4. The molecule has 0 saturated carbocycles. The second-order valence-corrected chi connectivity index (χ2v) is 6.29. The number of rotatable bonds is 4. The number of carbonyl (C=O) groups is 1. The van der Waals surface area contributed by atoms with Gasteiger partial charge in [-0.2, -0.15) is 0 Å². The van der Waals surface area contributed by atoms with Crippen LogP contribution in [-0.4, -0.2) is 16.1 Å². The van der Waals surface area contributed by atoms with Crippen LogP contribution in [-0.2, 0) is 5.75 Å². The van der Waals surface area contributed by atoms with E-state index in [9.17, 15) is 9.18 Å². The fourth-order valence-corrected chi connectivity index (χ4v) is 3.39. The highest BCUT2D eigenvalue weighted by Crippen LogP contribution is 2.29. The Balaban J connectivity index is 2.14. The Kier molecular flexibility index (Phi) is 4.21. The van der Waals surface area contributed by atoms with Crippen molar-refractivity contribution in [2.45, 2.75) is 24.5 Å². The minimum absolute atomic E-state index is 0.0930. The van der Waals surface area contributed by atoms with Gasteiger partial charge in [0.15, 0.2) is 0 Å². The topological polar surface area (TPSA) is 50.2 Å². The fraction of sp³-hybridized carbons (Fsp3) is 0.231. The summed E-state index contributed by atoms with van der Waals surface area (Å²) in [6, 6.07) is 3.80. The molecule has 100 valence electrons. The molecule has 1 heterocycles. The third-order valence-electron chi connectivity index (χ3n) is 2.60. The SMILES string of the molecule is Cc1nc(CSc2cc(C(=O)O)ccc2F)sc1C. The van der Waals surface area contributed by atoms with E-state index in [1.807, 2.05) is 13.8 Å². The minimum Gasteiger partial charge on any atom is -0.478 e. The summed E-state index contributed by atoms with van der Waals surface area (Å²) in [6.07, 6.45) is 0. The van der Waals surface area contributed by atoms with Gasteiger partial charge in [-0.1, -0.05) is 0 Å². The molecule has 0 amide bonds. The van der Waals surface area contributed by atoms with Gasteiger partial charge in [0.25, 0.3) is 0 Å². The molecule has 1 aromatic carbocycles. The average molecular weight is 297 g/mol. The van der Waals surface area contributed by atoms with E-state index in [2.05, 4.69) is 4.98 Å². The Labute approximate surface area is 118 Å². The van der Waals surface area contributed by atoms with Crippen molar-refractivity contribution in [3.63, 3.8) is 0 Å². The summed E-state index contributed by atoms with van der Waals surface area (Å²) in [7, 11) is 0. The summed E-state index contributed by atoms with van der Waals surface area (Å²) < 4.78 is 13.6. The Morgan fingerprint density at radius 1 is 1.47 bits per heavy atom. The van der Waals surface area contributed by atoms with Crippen LogP contribution in [0.3, 0.4) is 0 Å². The number of nitrogens with zero attached hydrogens (tertiary/aromatic N) is 1. The van der Waals surface area contributed by atoms with Crippen molar-refractivity contribution in [3.05, 3.63) is 45.2 Å². The van der Waals surface area contributed by atoms with Crippen LogP contribution in [0.25, 0.3) is 0 Å². The molecular formula is C13H12FNO2S2. The number of carboxylic acid groups (broad SMARTS) is 1. The molecule has 0 atom stereocenters. The maximum absolute atomic E-state index is 13.6. The van der Waals surface area contributed by atoms with Gasteiger partial charge in [-0.25, -0.2) is 14.2 Å². The molecule has 2 aromatic rings. The van der Waals surface area contributed by atoms with Crippen molar-refractivity contribution in [1.29, 1.82) is 0 Å². The number of aromatic nitrogens is 1. The molecule has 0 saturated heterocycles. The van der Waals surface area contributed by atoms with E-state index >= 15 is 0 Å². The highest BCUT2D eigenvalue weighted by molar-refractivity contribution is 7.98. The van der Waals surface area contributed by atoms with Gasteiger partial charge in [-0.05, 0) is 32.0 Å². The van der Waals surface area contributed by atoms with Crippen molar-refractivity contribution < 1.29 is 14.3 Å². The average Bonchev–Trinajstić information content (AvgIpc) is 2.67. The van der Waals surface area contributed by atoms with E-state index in [1.165, 1.54) is 30.0 Å². The summed E-state index contributed by atoms with van der Waals surface area (Å²) >= 11 is 2.84. The van der Waals surface area contributed by atoms with Crippen LogP contribution >= 0.6 is 23.1 Å². The molecule has 6 heteroatoms. The summed E-state index contributed by atoms with van der Waals surface area (Å²) in [4.78, 5) is 16.7. The number of halogens is 1. The molecule has 0 aliphatic heterocycles. The van der Waals surface area contributed by atoms with Crippen LogP contribution in [0.1, 0.15) is 25.9 Å². The van der Waals surface area contributed by atoms with Gasteiger partial charge in [0, 0.05) is 9.77 Å². The molecule has 0 aliphatic rings. The Morgan fingerprint density at radius 2 is 2.21 bits per heavy atom. The lowest BCUT2D eigenvalue weighted by atomic mass is 10.2. The lowest BCUT2D eigenvalue weighted by Gasteiger charge is -2.03. The van der Waals surface area contributed by atoms with Gasteiger partial charge in [0.05, 0.1) is 17.0 Å². The maximum atomic E-state index is 13.6. The molecule has 0 unspecified atom stereocenters. The van der Waals surface area contributed by atoms with Crippen molar-refractivity contribution >= 4 is 29.1 Å². The molecule has 0 fully saturated rings. The molecule has 3 nitrogen and oxygen atoms in total. The van der Waals surface area contributed by atoms with E-state index in [-0.39, 0.29) is 5.56 Å². The first kappa shape index (κ1) is 14.0. The summed E-state index contributed by atoms with van der Waals surface area (Å²) in [5.41, 5.74) is 1.08. The van der Waals surface area contributed by atoms with Gasteiger partial charge in [0.2, 0.25) is 0 Å². The van der Waals surface area contributed by atoms with E-state index in [4.69, 9.17) is 5.11 Å². The Bertz CT molecular complexity index is 606. The van der Waals surface area contributed by atoms with E-state index in [0.29, 0.717) is 10.6 Å². The standard InChI is InChI=1S/C13H12FNO2S2/c1-7-8(2)19-12(15-7)6-18-11-5-9(13(16)17)3-4-10(11)14/h3-5H,6H2,1-2H3,(H,16,17). The molecule has 2 rings (SSSR count). The van der Waals surface area contributed by atoms with E-state index in [1.54, 1.807) is 11.3 Å². The van der Waals surface area contributed by atoms with Crippen LogP contribution in [0.5, 0.6) is 0 Å². The van der Waals surface area contributed by atoms with Gasteiger partial charge in [-0.3, -0.25) is 0 Å². The second-order valence-electron chi connectivity index (χ2n) is 3.99. The predicted octanol–water partition coefficient (Wildman–Crippen LogP) is 3.89. The molecule has 0 bridgehead atoms. The highest BCUT2D eigenvalue weighted by Gasteiger charge is 2.10. The first-order valence-electron chi connectivity index (χ1n) is 5.56. The zero-order valence-corrected chi connectivity index (χ0v) is 12.1. The number of thiazole rings is 1. The number of aromatic carboxylic acids is 1. The minimum atomic E-state index is -1.05. The molecule has 1 aromatic heterocycles. The Hall–Kier alpha value is -1.40. The zero-order chi connectivity index (χ0) is 14.0. The number of carboxylic acids is 1. The quantitative estimate of drug-likeness (QED) is 0.870. The monoisotopic (exact) mass is 297 g/mol. The summed E-state index contributed by atoms with van der Waals surface area (Å²) in [5, 5.41) is 9.80. The number of thioether (sulfide) groups is 1. The second kappa shape index (κ2) is 5.71. The first-order valence-corrected chi connectivity index (χ1v) is 7.36. The van der Waals surface area contributed by atoms with Crippen molar-refractivity contribution in [3.8, 4) is 0 Å². The third-order valence-corrected chi connectivity index (χ3v) is 4.90. The third kappa shape index (κ3) is 3.33. The molecular weight excluding hydrogens is 285 g/mol. The number of hydrogen-bond donors (Lipinski definition) is 1. The smallest absolute Gasteiger partial charge is 0.335 e. The molecule has 0 aliphatic carbocycles. The Morgan fingerprint density at radius 3 is 2.79 bits per heavy atom. The normalized spacial score (nSPS) is 10.7. The molecule has 1 N–H and O–H groups in total. The van der Waals surface area contributed by atoms with Gasteiger partial charge in [-0.15, -0.1) is 23.1 Å². The highest BCUT2D eigenvalue weighted by atomic mass is 32.2. The van der Waals surface area contributed by atoms with Crippen LogP contribution < -0.4 is 0 Å². The molecule has 0 radical (unpaired) electrons. The summed E-state index contributed by atoms with van der Waals surface area (Å²) in [6.45, 7) is 3.93. The van der Waals surface area contributed by atoms with E-state index < -0.39 is 11.8 Å². The zero-order valence-electron chi connectivity index (χ0n) is 10.4. The van der Waals surface area contributed by atoms with Gasteiger partial charge >= 0.3 is 5.97 Å².